The van der Waals surface area contributed by atoms with Crippen LogP contribution >= 0.6 is 0 Å². The van der Waals surface area contributed by atoms with Gasteiger partial charge in [-0.3, -0.25) is 0 Å². The Labute approximate surface area is 187 Å². The van der Waals surface area contributed by atoms with E-state index >= 15 is 0 Å². The number of aryl methyl sites for hydroxylation is 1. The average molecular weight is 447 g/mol. The van der Waals surface area contributed by atoms with E-state index in [-0.39, 0.29) is 22.4 Å². The molecule has 0 bridgehead atoms. The fourth-order valence-electron chi connectivity index (χ4n) is 3.77. The van der Waals surface area contributed by atoms with Gasteiger partial charge in [-0.25, -0.2) is 14.1 Å². The van der Waals surface area contributed by atoms with Crippen LogP contribution in [-0.4, -0.2) is 14.8 Å². The summed E-state index contributed by atoms with van der Waals surface area (Å²) in [5.41, 5.74) is 2.01. The van der Waals surface area contributed by atoms with Gasteiger partial charge in [0.05, 0.1) is 22.3 Å². The van der Waals surface area contributed by atoms with E-state index in [0.29, 0.717) is 16.8 Å². The van der Waals surface area contributed by atoms with E-state index in [9.17, 15) is 17.6 Å². The van der Waals surface area contributed by atoms with Crippen LogP contribution in [0.3, 0.4) is 0 Å². The zero-order chi connectivity index (χ0) is 23.2. The molecule has 0 saturated carbocycles. The number of fused-ring (bicyclic) bond motifs is 1. The summed E-state index contributed by atoms with van der Waals surface area (Å²) >= 11 is 0. The van der Waals surface area contributed by atoms with Crippen molar-refractivity contribution in [2.75, 3.05) is 0 Å². The van der Waals surface area contributed by atoms with Gasteiger partial charge in [0.15, 0.2) is 5.65 Å². The minimum atomic E-state index is -4.65. The molecule has 5 rings (SSSR count). The topological polar surface area (TPSA) is 30.7 Å². The second kappa shape index (κ2) is 7.85. The number of hydrogen-bond acceptors (Lipinski definition) is 2. The predicted octanol–water partition coefficient (Wildman–Crippen LogP) is 7.22. The summed E-state index contributed by atoms with van der Waals surface area (Å²) in [6, 6.07) is 22.3. The first-order valence-electron chi connectivity index (χ1n) is 10.2. The second-order valence-electron chi connectivity index (χ2n) is 7.72. The standard InChI is InChI=1S/C26H17F4N3/c1-16-7-9-18(10-8-16)24-23-21(26(28,29)30)15-22(17-11-13-19(27)14-12-17)31-25(23)33(32-24)20-5-3-2-4-6-20/h2-15H,1H3. The zero-order valence-electron chi connectivity index (χ0n) is 17.4. The van der Waals surface area contributed by atoms with Crippen LogP contribution in [0.1, 0.15) is 11.1 Å². The van der Waals surface area contributed by atoms with Crippen LogP contribution in [0.2, 0.25) is 0 Å². The Morgan fingerprint density at radius 2 is 1.42 bits per heavy atom. The van der Waals surface area contributed by atoms with E-state index in [1.54, 1.807) is 36.4 Å². The Hall–Kier alpha value is -4.00. The molecule has 0 unspecified atom stereocenters. The van der Waals surface area contributed by atoms with Gasteiger partial charge in [-0.05, 0) is 49.4 Å². The van der Waals surface area contributed by atoms with Crippen molar-refractivity contribution in [3.05, 3.63) is 102 Å². The van der Waals surface area contributed by atoms with Gasteiger partial charge in [0, 0.05) is 11.1 Å². The summed E-state index contributed by atoms with van der Waals surface area (Å²) in [5.74, 6) is -0.480. The molecule has 0 atom stereocenters. The van der Waals surface area contributed by atoms with Gasteiger partial charge >= 0.3 is 6.18 Å². The summed E-state index contributed by atoms with van der Waals surface area (Å²) in [6.45, 7) is 1.90. The fraction of sp³-hybridized carbons (Fsp3) is 0.0769. The van der Waals surface area contributed by atoms with Crippen molar-refractivity contribution >= 4 is 11.0 Å². The van der Waals surface area contributed by atoms with Crippen LogP contribution in [0.5, 0.6) is 0 Å². The summed E-state index contributed by atoms with van der Waals surface area (Å²) < 4.78 is 57.8. The van der Waals surface area contributed by atoms with Gasteiger partial charge in [0.25, 0.3) is 0 Å². The van der Waals surface area contributed by atoms with Crippen molar-refractivity contribution in [3.63, 3.8) is 0 Å². The molecular formula is C26H17F4N3. The van der Waals surface area contributed by atoms with Gasteiger partial charge in [-0.2, -0.15) is 18.3 Å². The van der Waals surface area contributed by atoms with E-state index in [4.69, 9.17) is 0 Å². The fourth-order valence-corrected chi connectivity index (χ4v) is 3.77. The number of nitrogens with zero attached hydrogens (tertiary/aromatic N) is 3. The third kappa shape index (κ3) is 3.86. The highest BCUT2D eigenvalue weighted by Crippen LogP contribution is 2.41. The third-order valence-corrected chi connectivity index (χ3v) is 5.41. The Bertz CT molecular complexity index is 1440. The molecule has 0 aliphatic carbocycles. The molecule has 5 aromatic rings. The lowest BCUT2D eigenvalue weighted by atomic mass is 10.0. The normalized spacial score (nSPS) is 11.8. The Morgan fingerprint density at radius 1 is 0.788 bits per heavy atom. The lowest BCUT2D eigenvalue weighted by molar-refractivity contribution is -0.136. The molecule has 2 heterocycles. The lowest BCUT2D eigenvalue weighted by Gasteiger charge is -2.12. The quantitative estimate of drug-likeness (QED) is 0.273. The maximum Gasteiger partial charge on any atom is 0.417 e. The number of benzene rings is 3. The minimum absolute atomic E-state index is 0.0749. The molecule has 3 aromatic carbocycles. The Kier molecular flexibility index (Phi) is 4.96. The molecule has 164 valence electrons. The predicted molar refractivity (Wildman–Crippen MR) is 119 cm³/mol. The highest BCUT2D eigenvalue weighted by atomic mass is 19.4. The molecular weight excluding hydrogens is 430 g/mol. The summed E-state index contributed by atoms with van der Waals surface area (Å²) in [7, 11) is 0. The molecule has 0 fully saturated rings. The van der Waals surface area contributed by atoms with Gasteiger partial charge in [0.2, 0.25) is 0 Å². The molecule has 0 spiro atoms. The van der Waals surface area contributed by atoms with Gasteiger partial charge < -0.3 is 0 Å². The van der Waals surface area contributed by atoms with Crippen molar-refractivity contribution in [3.8, 4) is 28.2 Å². The van der Waals surface area contributed by atoms with Gasteiger partial charge in [0.1, 0.15) is 11.5 Å². The number of para-hydroxylation sites is 1. The van der Waals surface area contributed by atoms with E-state index in [1.165, 1.54) is 28.9 Å². The largest absolute Gasteiger partial charge is 0.417 e. The number of aromatic nitrogens is 3. The second-order valence-corrected chi connectivity index (χ2v) is 7.72. The molecule has 0 N–H and O–H groups in total. The van der Waals surface area contributed by atoms with Crippen molar-refractivity contribution in [2.45, 2.75) is 13.1 Å². The highest BCUT2D eigenvalue weighted by molar-refractivity contribution is 5.96. The van der Waals surface area contributed by atoms with E-state index in [2.05, 4.69) is 10.1 Å². The monoisotopic (exact) mass is 447 g/mol. The van der Waals surface area contributed by atoms with Crippen LogP contribution in [0, 0.1) is 12.7 Å². The first-order chi connectivity index (χ1) is 15.8. The maximum absolute atomic E-state index is 14.3. The van der Waals surface area contributed by atoms with Crippen LogP contribution in [0.15, 0.2) is 84.9 Å². The highest BCUT2D eigenvalue weighted by Gasteiger charge is 2.36. The van der Waals surface area contributed by atoms with Gasteiger partial charge in [-0.1, -0.05) is 48.0 Å². The molecule has 0 amide bonds. The van der Waals surface area contributed by atoms with Crippen molar-refractivity contribution in [1.29, 1.82) is 0 Å². The average Bonchev–Trinajstić information content (AvgIpc) is 3.19. The SMILES string of the molecule is Cc1ccc(-c2nn(-c3ccccc3)c3nc(-c4ccc(F)cc4)cc(C(F)(F)F)c23)cc1. The number of rotatable bonds is 3. The van der Waals surface area contributed by atoms with E-state index < -0.39 is 17.6 Å². The summed E-state index contributed by atoms with van der Waals surface area (Å²) in [6.07, 6.45) is -4.65. The van der Waals surface area contributed by atoms with Gasteiger partial charge in [-0.15, -0.1) is 0 Å². The molecule has 0 aliphatic rings. The van der Waals surface area contributed by atoms with Crippen molar-refractivity contribution in [2.24, 2.45) is 0 Å². The van der Waals surface area contributed by atoms with E-state index in [1.807, 2.05) is 25.1 Å². The van der Waals surface area contributed by atoms with Crippen LogP contribution in [-0.2, 0) is 6.18 Å². The summed E-state index contributed by atoms with van der Waals surface area (Å²) in [5, 5.41) is 4.49. The first kappa shape index (κ1) is 20.9. The van der Waals surface area contributed by atoms with Crippen LogP contribution in [0.4, 0.5) is 17.6 Å². The smallest absolute Gasteiger partial charge is 0.228 e. The van der Waals surface area contributed by atoms with E-state index in [0.717, 1.165) is 11.6 Å². The number of hydrogen-bond donors (Lipinski definition) is 0. The molecule has 33 heavy (non-hydrogen) atoms. The lowest BCUT2D eigenvalue weighted by Crippen LogP contribution is -2.08. The van der Waals surface area contributed by atoms with Crippen molar-refractivity contribution in [1.82, 2.24) is 14.8 Å². The third-order valence-electron chi connectivity index (χ3n) is 5.41. The Balaban J connectivity index is 1.88. The number of alkyl halides is 3. The van der Waals surface area contributed by atoms with Crippen molar-refractivity contribution < 1.29 is 17.6 Å². The maximum atomic E-state index is 14.3. The zero-order valence-corrected chi connectivity index (χ0v) is 17.4. The minimum Gasteiger partial charge on any atom is -0.228 e. The molecule has 7 heteroatoms. The molecule has 3 nitrogen and oxygen atoms in total. The molecule has 2 aromatic heterocycles. The summed E-state index contributed by atoms with van der Waals surface area (Å²) in [4.78, 5) is 4.57. The Morgan fingerprint density at radius 3 is 2.06 bits per heavy atom. The molecule has 0 radical (unpaired) electrons. The van der Waals surface area contributed by atoms with Crippen LogP contribution < -0.4 is 0 Å². The first-order valence-corrected chi connectivity index (χ1v) is 10.2. The number of halogens is 4. The van der Waals surface area contributed by atoms with Crippen LogP contribution in [0.25, 0.3) is 39.2 Å². The molecule has 0 saturated heterocycles. The molecule has 0 aliphatic heterocycles. The number of pyridine rings is 1.